The van der Waals surface area contributed by atoms with E-state index >= 15 is 0 Å². The number of fused-ring (bicyclic) bond motifs is 8. The molecule has 0 aliphatic carbocycles. The summed E-state index contributed by atoms with van der Waals surface area (Å²) in [5, 5.41) is 8.04. The molecule has 3 heterocycles. The van der Waals surface area contributed by atoms with Crippen molar-refractivity contribution < 1.29 is 4.42 Å². The Bertz CT molecular complexity index is 2430. The second-order valence-corrected chi connectivity index (χ2v) is 10.3. The van der Waals surface area contributed by atoms with Crippen molar-refractivity contribution in [2.45, 2.75) is 0 Å². The van der Waals surface area contributed by atoms with Gasteiger partial charge in [-0.05, 0) is 51.9 Å². The molecule has 0 aliphatic rings. The fraction of sp³-hybridized carbons (Fsp3) is 0. The van der Waals surface area contributed by atoms with Gasteiger partial charge in [-0.3, -0.25) is 4.57 Å². The Labute approximate surface area is 228 Å². The molecule has 0 spiro atoms. The number of aromatic nitrogens is 3. The van der Waals surface area contributed by atoms with Crippen molar-refractivity contribution in [2.75, 3.05) is 0 Å². The van der Waals surface area contributed by atoms with E-state index in [1.54, 1.807) is 0 Å². The van der Waals surface area contributed by atoms with E-state index in [1.165, 1.54) is 21.5 Å². The fourth-order valence-corrected chi connectivity index (χ4v) is 6.08. The fourth-order valence-electron chi connectivity index (χ4n) is 6.08. The van der Waals surface area contributed by atoms with Gasteiger partial charge in [-0.15, -0.1) is 0 Å². The van der Waals surface area contributed by atoms with Gasteiger partial charge in [0.2, 0.25) is 5.95 Å². The lowest BCUT2D eigenvalue weighted by molar-refractivity contribution is 0.667. The third-order valence-electron chi connectivity index (χ3n) is 7.96. The maximum atomic E-state index is 6.52. The van der Waals surface area contributed by atoms with Crippen LogP contribution in [0.4, 0.5) is 0 Å². The van der Waals surface area contributed by atoms with E-state index in [0.29, 0.717) is 11.5 Å². The summed E-state index contributed by atoms with van der Waals surface area (Å²) in [7, 11) is 0. The van der Waals surface area contributed by atoms with Gasteiger partial charge in [-0.25, -0.2) is 9.97 Å². The highest BCUT2D eigenvalue weighted by Gasteiger charge is 2.21. The normalized spacial score (nSPS) is 12.0. The van der Waals surface area contributed by atoms with Crippen LogP contribution in [0.1, 0.15) is 0 Å². The van der Waals surface area contributed by atoms with Crippen LogP contribution in [-0.4, -0.2) is 14.5 Å². The smallest absolute Gasteiger partial charge is 0.236 e. The molecule has 4 heteroatoms. The van der Waals surface area contributed by atoms with E-state index in [0.717, 1.165) is 49.5 Å². The molecule has 0 N–H and O–H groups in total. The number of furan rings is 1. The van der Waals surface area contributed by atoms with Crippen molar-refractivity contribution in [1.82, 2.24) is 14.5 Å². The summed E-state index contributed by atoms with van der Waals surface area (Å²) in [6, 6.07) is 44.4. The molecule has 4 nitrogen and oxygen atoms in total. The summed E-state index contributed by atoms with van der Waals surface area (Å²) in [5.41, 5.74) is 6.26. The predicted molar refractivity (Wildman–Crippen MR) is 164 cm³/mol. The van der Waals surface area contributed by atoms with Gasteiger partial charge in [0.05, 0.1) is 11.0 Å². The minimum Gasteiger partial charge on any atom is -0.452 e. The van der Waals surface area contributed by atoms with Crippen LogP contribution in [0.2, 0.25) is 0 Å². The van der Waals surface area contributed by atoms with E-state index < -0.39 is 0 Å². The molecule has 0 atom stereocenters. The maximum absolute atomic E-state index is 6.52. The van der Waals surface area contributed by atoms with Crippen LogP contribution < -0.4 is 0 Å². The van der Waals surface area contributed by atoms with E-state index in [4.69, 9.17) is 14.4 Å². The molecule has 0 bridgehead atoms. The largest absolute Gasteiger partial charge is 0.452 e. The number of hydrogen-bond acceptors (Lipinski definition) is 3. The molecule has 9 aromatic rings. The van der Waals surface area contributed by atoms with Gasteiger partial charge in [0.25, 0.3) is 0 Å². The first-order chi connectivity index (χ1) is 19.8. The lowest BCUT2D eigenvalue weighted by Crippen LogP contribution is -2.02. The van der Waals surface area contributed by atoms with Gasteiger partial charge in [0.1, 0.15) is 16.8 Å². The van der Waals surface area contributed by atoms with Crippen molar-refractivity contribution in [3.05, 3.63) is 127 Å². The van der Waals surface area contributed by atoms with Crippen molar-refractivity contribution in [2.24, 2.45) is 0 Å². The highest BCUT2D eigenvalue weighted by molar-refractivity contribution is 6.14. The molecule has 3 aromatic heterocycles. The summed E-state index contributed by atoms with van der Waals surface area (Å²) in [5.74, 6) is 0.628. The molecular weight excluding hydrogens is 490 g/mol. The van der Waals surface area contributed by atoms with Gasteiger partial charge in [0, 0.05) is 21.7 Å². The Morgan fingerprint density at radius 3 is 1.90 bits per heavy atom. The molecule has 0 radical (unpaired) electrons. The lowest BCUT2D eigenvalue weighted by Gasteiger charge is -2.09. The molecule has 0 fully saturated rings. The maximum Gasteiger partial charge on any atom is 0.236 e. The van der Waals surface area contributed by atoms with Gasteiger partial charge < -0.3 is 4.42 Å². The van der Waals surface area contributed by atoms with Crippen molar-refractivity contribution in [3.8, 4) is 17.2 Å². The van der Waals surface area contributed by atoms with E-state index in [-0.39, 0.29) is 0 Å². The third-order valence-corrected chi connectivity index (χ3v) is 7.96. The molecule has 0 amide bonds. The molecule has 0 aliphatic heterocycles. The molecule has 0 unspecified atom stereocenters. The zero-order valence-electron chi connectivity index (χ0n) is 21.4. The first-order valence-electron chi connectivity index (χ1n) is 13.4. The summed E-state index contributed by atoms with van der Waals surface area (Å²) in [4.78, 5) is 10.5. The van der Waals surface area contributed by atoms with Gasteiger partial charge in [-0.2, -0.15) is 0 Å². The Morgan fingerprint density at radius 2 is 1.12 bits per heavy atom. The first kappa shape index (κ1) is 21.5. The standard InChI is InChI=1S/C36H21N3O/c1-2-10-22(11-3-1)33-35-34(29-19-24-13-5-7-15-26(24)21-32(29)40-35)38-36(37-33)39-30-17-9-8-16-27(30)28-18-23-12-4-6-14-25(23)20-31(28)39/h1-21H. The van der Waals surface area contributed by atoms with Crippen LogP contribution >= 0.6 is 0 Å². The monoisotopic (exact) mass is 511 g/mol. The summed E-state index contributed by atoms with van der Waals surface area (Å²) < 4.78 is 8.71. The number of benzene rings is 6. The van der Waals surface area contributed by atoms with Crippen LogP contribution in [0.5, 0.6) is 0 Å². The second kappa shape index (κ2) is 8.01. The molecule has 0 saturated heterocycles. The molecule has 0 saturated carbocycles. The topological polar surface area (TPSA) is 43.9 Å². The Kier molecular flexibility index (Phi) is 4.30. The van der Waals surface area contributed by atoms with Crippen LogP contribution in [-0.2, 0) is 0 Å². The SMILES string of the molecule is c1ccc(-c2nc(-n3c4ccccc4c4cc5ccccc5cc43)nc3c2oc2cc4ccccc4cc23)cc1. The van der Waals surface area contributed by atoms with Gasteiger partial charge in [-0.1, -0.05) is 97.1 Å². The zero-order valence-corrected chi connectivity index (χ0v) is 21.4. The molecule has 186 valence electrons. The highest BCUT2D eigenvalue weighted by atomic mass is 16.3. The number of hydrogen-bond donors (Lipinski definition) is 0. The summed E-state index contributed by atoms with van der Waals surface area (Å²) >= 11 is 0. The molecule has 6 aromatic carbocycles. The Balaban J connectivity index is 1.45. The average molecular weight is 512 g/mol. The van der Waals surface area contributed by atoms with E-state index in [1.807, 2.05) is 18.2 Å². The van der Waals surface area contributed by atoms with Gasteiger partial charge in [0.15, 0.2) is 5.58 Å². The van der Waals surface area contributed by atoms with Crippen LogP contribution in [0.15, 0.2) is 132 Å². The average Bonchev–Trinajstić information content (AvgIpc) is 3.53. The van der Waals surface area contributed by atoms with Gasteiger partial charge >= 0.3 is 0 Å². The van der Waals surface area contributed by atoms with Crippen LogP contribution in [0.25, 0.3) is 82.6 Å². The van der Waals surface area contributed by atoms with Crippen molar-refractivity contribution >= 4 is 65.4 Å². The second-order valence-electron chi connectivity index (χ2n) is 10.3. The quantitative estimate of drug-likeness (QED) is 0.232. The molecule has 40 heavy (non-hydrogen) atoms. The number of para-hydroxylation sites is 1. The first-order valence-corrected chi connectivity index (χ1v) is 13.4. The van der Waals surface area contributed by atoms with Crippen molar-refractivity contribution in [3.63, 3.8) is 0 Å². The Morgan fingerprint density at radius 1 is 0.500 bits per heavy atom. The van der Waals surface area contributed by atoms with Crippen LogP contribution in [0, 0.1) is 0 Å². The summed E-state index contributed by atoms with van der Waals surface area (Å²) in [6.45, 7) is 0. The lowest BCUT2D eigenvalue weighted by atomic mass is 10.1. The van der Waals surface area contributed by atoms with E-state index in [9.17, 15) is 0 Å². The molecule has 9 rings (SSSR count). The summed E-state index contributed by atoms with van der Waals surface area (Å²) in [6.07, 6.45) is 0. The zero-order chi connectivity index (χ0) is 26.2. The Hall–Kier alpha value is -5.48. The highest BCUT2D eigenvalue weighted by Crippen LogP contribution is 2.39. The van der Waals surface area contributed by atoms with Crippen LogP contribution in [0.3, 0.4) is 0 Å². The number of nitrogens with zero attached hydrogens (tertiary/aromatic N) is 3. The minimum absolute atomic E-state index is 0.628. The predicted octanol–water partition coefficient (Wildman–Crippen LogP) is 9.45. The minimum atomic E-state index is 0.628. The third kappa shape index (κ3) is 3.01. The number of rotatable bonds is 2. The van der Waals surface area contributed by atoms with Crippen molar-refractivity contribution in [1.29, 1.82) is 0 Å². The molecular formula is C36H21N3O. The van der Waals surface area contributed by atoms with E-state index in [2.05, 4.69) is 114 Å².